The van der Waals surface area contributed by atoms with Gasteiger partial charge in [0.2, 0.25) is 0 Å². The number of nitrogens with zero attached hydrogens (tertiary/aromatic N) is 1. The van der Waals surface area contributed by atoms with Gasteiger partial charge in [-0.1, -0.05) is 0 Å². The van der Waals surface area contributed by atoms with Gasteiger partial charge < -0.3 is 9.47 Å². The molecule has 1 N–H and O–H groups in total. The number of rotatable bonds is 4. The molecule has 138 valence electrons. The fraction of sp³-hybridized carbons (Fsp3) is 0.235. The van der Waals surface area contributed by atoms with E-state index in [9.17, 15) is 23.7 Å². The van der Waals surface area contributed by atoms with Gasteiger partial charge in [0.15, 0.2) is 11.6 Å². The number of benzene rings is 2. The number of anilines is 1. The van der Waals surface area contributed by atoms with E-state index in [4.69, 9.17) is 9.47 Å². The van der Waals surface area contributed by atoms with Gasteiger partial charge in [-0.15, -0.1) is 0 Å². The highest BCUT2D eigenvalue weighted by molar-refractivity contribution is 5.85. The number of nitrogens with one attached hydrogen (secondary N) is 1. The summed E-state index contributed by atoms with van der Waals surface area (Å²) >= 11 is 0. The predicted molar refractivity (Wildman–Crippen MR) is 89.4 cm³/mol. The van der Waals surface area contributed by atoms with Crippen LogP contribution in [0, 0.1) is 21.7 Å². The van der Waals surface area contributed by atoms with E-state index in [1.165, 1.54) is 6.07 Å². The average molecular weight is 366 g/mol. The summed E-state index contributed by atoms with van der Waals surface area (Å²) in [6.07, 6.45) is -0.822. The molecule has 2 rings (SSSR count). The summed E-state index contributed by atoms with van der Waals surface area (Å²) in [6, 6.07) is 6.03. The van der Waals surface area contributed by atoms with Crippen molar-refractivity contribution in [3.8, 4) is 11.5 Å². The Balaban J connectivity index is 2.30. The Bertz CT molecular complexity index is 850. The summed E-state index contributed by atoms with van der Waals surface area (Å²) in [5.74, 6) is -2.20. The standard InChI is InChI=1S/C17H16F2N2O5/c1-17(2,3)26-16(22)20-11-7-12(21(23)24)9-13(8-11)25-15-5-4-10(18)6-14(15)19/h4-9H,1-3H3,(H,20,22). The molecule has 0 spiro atoms. The zero-order valence-electron chi connectivity index (χ0n) is 14.2. The van der Waals surface area contributed by atoms with Gasteiger partial charge >= 0.3 is 6.09 Å². The summed E-state index contributed by atoms with van der Waals surface area (Å²) in [4.78, 5) is 22.2. The van der Waals surface area contributed by atoms with E-state index in [1.54, 1.807) is 20.8 Å². The second-order valence-corrected chi connectivity index (χ2v) is 6.28. The van der Waals surface area contributed by atoms with Gasteiger partial charge in [-0.25, -0.2) is 13.6 Å². The highest BCUT2D eigenvalue weighted by Crippen LogP contribution is 2.31. The van der Waals surface area contributed by atoms with Crippen LogP contribution in [-0.4, -0.2) is 16.6 Å². The highest BCUT2D eigenvalue weighted by atomic mass is 19.1. The summed E-state index contributed by atoms with van der Waals surface area (Å²) in [7, 11) is 0. The zero-order valence-corrected chi connectivity index (χ0v) is 14.2. The first-order chi connectivity index (χ1) is 12.0. The minimum atomic E-state index is -0.974. The molecule has 0 aromatic heterocycles. The van der Waals surface area contributed by atoms with Crippen LogP contribution in [-0.2, 0) is 4.74 Å². The largest absolute Gasteiger partial charge is 0.454 e. The van der Waals surface area contributed by atoms with Crippen molar-refractivity contribution in [2.45, 2.75) is 26.4 Å². The summed E-state index contributed by atoms with van der Waals surface area (Å²) < 4.78 is 37.0. The van der Waals surface area contributed by atoms with Crippen molar-refractivity contribution >= 4 is 17.5 Å². The molecule has 2 aromatic rings. The Labute approximate surface area is 147 Å². The van der Waals surface area contributed by atoms with Crippen molar-refractivity contribution in [3.05, 3.63) is 58.1 Å². The number of amides is 1. The lowest BCUT2D eigenvalue weighted by Gasteiger charge is -2.19. The molecule has 0 bridgehead atoms. The first-order valence-electron chi connectivity index (χ1n) is 7.46. The quantitative estimate of drug-likeness (QED) is 0.606. The third-order valence-electron chi connectivity index (χ3n) is 2.87. The van der Waals surface area contributed by atoms with Crippen LogP contribution in [0.5, 0.6) is 11.5 Å². The molecule has 0 fully saturated rings. The monoisotopic (exact) mass is 366 g/mol. The van der Waals surface area contributed by atoms with Crippen molar-refractivity contribution in [2.75, 3.05) is 5.32 Å². The molecule has 26 heavy (non-hydrogen) atoms. The van der Waals surface area contributed by atoms with Gasteiger partial charge in [0.25, 0.3) is 5.69 Å². The number of hydrogen-bond acceptors (Lipinski definition) is 5. The van der Waals surface area contributed by atoms with E-state index in [2.05, 4.69) is 5.32 Å². The lowest BCUT2D eigenvalue weighted by atomic mass is 10.2. The van der Waals surface area contributed by atoms with E-state index in [0.717, 1.165) is 24.3 Å². The molecule has 0 aliphatic heterocycles. The van der Waals surface area contributed by atoms with Gasteiger partial charge in [-0.05, 0) is 32.9 Å². The second-order valence-electron chi connectivity index (χ2n) is 6.28. The SMILES string of the molecule is CC(C)(C)OC(=O)Nc1cc(Oc2ccc(F)cc2F)cc([N+](=O)[O-])c1. The third-order valence-corrected chi connectivity index (χ3v) is 2.87. The van der Waals surface area contributed by atoms with Crippen molar-refractivity contribution in [3.63, 3.8) is 0 Å². The number of non-ortho nitro benzene ring substituents is 1. The molecular weight excluding hydrogens is 350 g/mol. The Kier molecular flexibility index (Phi) is 5.39. The molecule has 0 heterocycles. The number of nitro benzene ring substituents is 1. The molecule has 0 aliphatic carbocycles. The van der Waals surface area contributed by atoms with Crippen molar-refractivity contribution in [1.82, 2.24) is 0 Å². The maximum atomic E-state index is 13.7. The number of hydrogen-bond donors (Lipinski definition) is 1. The van der Waals surface area contributed by atoms with E-state index < -0.39 is 33.9 Å². The van der Waals surface area contributed by atoms with Crippen LogP contribution in [0.2, 0.25) is 0 Å². The van der Waals surface area contributed by atoms with Gasteiger partial charge in [-0.3, -0.25) is 15.4 Å². The van der Waals surface area contributed by atoms with Crippen molar-refractivity contribution in [2.24, 2.45) is 0 Å². The molecule has 1 amide bonds. The minimum Gasteiger partial charge on any atom is -0.454 e. The van der Waals surface area contributed by atoms with E-state index in [0.29, 0.717) is 6.07 Å². The zero-order chi connectivity index (χ0) is 19.5. The third kappa shape index (κ3) is 5.40. The Morgan fingerprint density at radius 3 is 2.42 bits per heavy atom. The summed E-state index contributed by atoms with van der Waals surface area (Å²) in [6.45, 7) is 4.98. The molecule has 7 nitrogen and oxygen atoms in total. The maximum absolute atomic E-state index is 13.7. The van der Waals surface area contributed by atoms with Crippen LogP contribution in [0.3, 0.4) is 0 Å². The molecule has 0 unspecified atom stereocenters. The first-order valence-corrected chi connectivity index (χ1v) is 7.46. The smallest absolute Gasteiger partial charge is 0.412 e. The molecule has 0 radical (unpaired) electrons. The van der Waals surface area contributed by atoms with E-state index in [-0.39, 0.29) is 17.2 Å². The fourth-order valence-electron chi connectivity index (χ4n) is 1.93. The number of carbonyl (C=O) groups is 1. The van der Waals surface area contributed by atoms with Crippen LogP contribution in [0.1, 0.15) is 20.8 Å². The van der Waals surface area contributed by atoms with E-state index >= 15 is 0 Å². The molecule has 2 aromatic carbocycles. The molecule has 0 aliphatic rings. The van der Waals surface area contributed by atoms with Gasteiger partial charge in [-0.2, -0.15) is 0 Å². The topological polar surface area (TPSA) is 90.7 Å². The van der Waals surface area contributed by atoms with Crippen molar-refractivity contribution < 1.29 is 28.0 Å². The Hall–Kier alpha value is -3.23. The fourth-order valence-corrected chi connectivity index (χ4v) is 1.93. The van der Waals surface area contributed by atoms with Crippen molar-refractivity contribution in [1.29, 1.82) is 0 Å². The lowest BCUT2D eigenvalue weighted by Crippen LogP contribution is -2.27. The highest BCUT2D eigenvalue weighted by Gasteiger charge is 2.18. The number of ether oxygens (including phenoxy) is 2. The number of halogens is 2. The number of nitro groups is 1. The van der Waals surface area contributed by atoms with Gasteiger partial charge in [0.05, 0.1) is 16.7 Å². The van der Waals surface area contributed by atoms with Crippen LogP contribution in [0.15, 0.2) is 36.4 Å². The molecule has 0 saturated heterocycles. The van der Waals surface area contributed by atoms with Crippen LogP contribution in [0.4, 0.5) is 25.0 Å². The molecule has 0 atom stereocenters. The van der Waals surface area contributed by atoms with E-state index in [1.807, 2.05) is 0 Å². The molecule has 9 heteroatoms. The summed E-state index contributed by atoms with van der Waals surface area (Å²) in [5, 5.41) is 13.4. The Morgan fingerprint density at radius 1 is 1.15 bits per heavy atom. The Morgan fingerprint density at radius 2 is 1.85 bits per heavy atom. The van der Waals surface area contributed by atoms with Crippen LogP contribution < -0.4 is 10.1 Å². The summed E-state index contributed by atoms with van der Waals surface area (Å²) in [5.41, 5.74) is -1.14. The molecular formula is C17H16F2N2O5. The van der Waals surface area contributed by atoms with Gasteiger partial charge in [0, 0.05) is 18.2 Å². The van der Waals surface area contributed by atoms with Gasteiger partial charge in [0.1, 0.15) is 17.2 Å². The van der Waals surface area contributed by atoms with Crippen LogP contribution >= 0.6 is 0 Å². The normalized spacial score (nSPS) is 11.0. The maximum Gasteiger partial charge on any atom is 0.412 e. The first kappa shape index (κ1) is 19.1. The minimum absolute atomic E-state index is 0.0194. The molecule has 0 saturated carbocycles. The lowest BCUT2D eigenvalue weighted by molar-refractivity contribution is -0.384. The second kappa shape index (κ2) is 7.34. The number of carbonyl (C=O) groups excluding carboxylic acids is 1. The average Bonchev–Trinajstić information content (AvgIpc) is 2.47. The van der Waals surface area contributed by atoms with Crippen LogP contribution in [0.25, 0.3) is 0 Å². The predicted octanol–water partition coefficient (Wildman–Crippen LogP) is 5.01.